The quantitative estimate of drug-likeness (QED) is 0.823. The van der Waals surface area contributed by atoms with Crippen LogP contribution in [0.1, 0.15) is 25.0 Å². The first-order valence-corrected chi connectivity index (χ1v) is 9.35. The molecule has 24 heavy (non-hydrogen) atoms. The molecule has 0 aliphatic rings. The Kier molecular flexibility index (Phi) is 5.72. The third-order valence-electron chi connectivity index (χ3n) is 3.43. The van der Waals surface area contributed by atoms with Crippen molar-refractivity contribution < 1.29 is 17.9 Å². The van der Waals surface area contributed by atoms with Crippen LogP contribution in [0.15, 0.2) is 41.3 Å². The van der Waals surface area contributed by atoms with Gasteiger partial charge in [0.25, 0.3) is 10.0 Å². The van der Waals surface area contributed by atoms with Crippen LogP contribution in [0.5, 0.6) is 11.5 Å². The molecule has 0 aliphatic carbocycles. The second-order valence-corrected chi connectivity index (χ2v) is 7.05. The molecule has 0 bridgehead atoms. The number of anilines is 1. The maximum absolute atomic E-state index is 12.7. The fraction of sp³-hybridized carbons (Fsp3) is 0.333. The molecule has 130 valence electrons. The van der Waals surface area contributed by atoms with Gasteiger partial charge < -0.3 is 9.47 Å². The SMILES string of the molecule is CCOc1ccc(NS(=O)(=O)c2cc(C)ccc2C)cc1OCC. The van der Waals surface area contributed by atoms with Gasteiger partial charge in [-0.3, -0.25) is 4.72 Å². The van der Waals surface area contributed by atoms with Gasteiger partial charge in [-0.15, -0.1) is 0 Å². The van der Waals surface area contributed by atoms with Crippen LogP contribution in [0.4, 0.5) is 5.69 Å². The highest BCUT2D eigenvalue weighted by atomic mass is 32.2. The average Bonchev–Trinajstić information content (AvgIpc) is 2.52. The van der Waals surface area contributed by atoms with Crippen LogP contribution in [-0.2, 0) is 10.0 Å². The van der Waals surface area contributed by atoms with E-state index in [1.807, 2.05) is 26.8 Å². The summed E-state index contributed by atoms with van der Waals surface area (Å²) in [6.07, 6.45) is 0. The highest BCUT2D eigenvalue weighted by molar-refractivity contribution is 7.92. The van der Waals surface area contributed by atoms with E-state index in [2.05, 4.69) is 4.72 Å². The van der Waals surface area contributed by atoms with Crippen LogP contribution in [0.2, 0.25) is 0 Å². The minimum Gasteiger partial charge on any atom is -0.490 e. The zero-order valence-electron chi connectivity index (χ0n) is 14.4. The van der Waals surface area contributed by atoms with E-state index in [0.717, 1.165) is 5.56 Å². The molecule has 0 saturated heterocycles. The summed E-state index contributed by atoms with van der Waals surface area (Å²) >= 11 is 0. The van der Waals surface area contributed by atoms with Crippen LogP contribution >= 0.6 is 0 Å². The number of ether oxygens (including phenoxy) is 2. The van der Waals surface area contributed by atoms with Crippen molar-refractivity contribution >= 4 is 15.7 Å². The minimum atomic E-state index is -3.67. The summed E-state index contributed by atoms with van der Waals surface area (Å²) < 4.78 is 39.0. The highest BCUT2D eigenvalue weighted by Crippen LogP contribution is 2.32. The van der Waals surface area contributed by atoms with Crippen molar-refractivity contribution in [1.82, 2.24) is 0 Å². The fourth-order valence-corrected chi connectivity index (χ4v) is 3.70. The maximum atomic E-state index is 12.7. The van der Waals surface area contributed by atoms with Gasteiger partial charge in [0.1, 0.15) is 0 Å². The van der Waals surface area contributed by atoms with Gasteiger partial charge >= 0.3 is 0 Å². The molecular formula is C18H23NO4S. The van der Waals surface area contributed by atoms with Gasteiger partial charge in [0.2, 0.25) is 0 Å². The third kappa shape index (κ3) is 4.20. The maximum Gasteiger partial charge on any atom is 0.262 e. The van der Waals surface area contributed by atoms with E-state index in [9.17, 15) is 8.42 Å². The van der Waals surface area contributed by atoms with Crippen LogP contribution in [0.3, 0.4) is 0 Å². The number of hydrogen-bond donors (Lipinski definition) is 1. The largest absolute Gasteiger partial charge is 0.490 e. The lowest BCUT2D eigenvalue weighted by Gasteiger charge is -2.14. The van der Waals surface area contributed by atoms with Gasteiger partial charge in [0.15, 0.2) is 11.5 Å². The number of sulfonamides is 1. The first-order chi connectivity index (χ1) is 11.4. The van der Waals surface area contributed by atoms with E-state index in [1.54, 1.807) is 37.3 Å². The summed E-state index contributed by atoms with van der Waals surface area (Å²) in [6.45, 7) is 8.36. The summed E-state index contributed by atoms with van der Waals surface area (Å²) in [5, 5.41) is 0. The predicted octanol–water partition coefficient (Wildman–Crippen LogP) is 3.90. The highest BCUT2D eigenvalue weighted by Gasteiger charge is 2.18. The van der Waals surface area contributed by atoms with Gasteiger partial charge in [-0.05, 0) is 57.0 Å². The monoisotopic (exact) mass is 349 g/mol. The number of aryl methyl sites for hydroxylation is 2. The fourth-order valence-electron chi connectivity index (χ4n) is 2.32. The second kappa shape index (κ2) is 7.57. The lowest BCUT2D eigenvalue weighted by Crippen LogP contribution is -2.14. The Morgan fingerprint density at radius 1 is 0.917 bits per heavy atom. The molecule has 2 rings (SSSR count). The lowest BCUT2D eigenvalue weighted by atomic mass is 10.2. The molecule has 0 spiro atoms. The number of rotatable bonds is 7. The Morgan fingerprint density at radius 3 is 2.25 bits per heavy atom. The van der Waals surface area contributed by atoms with Crippen molar-refractivity contribution in [2.45, 2.75) is 32.6 Å². The van der Waals surface area contributed by atoms with Crippen molar-refractivity contribution in [3.05, 3.63) is 47.5 Å². The zero-order chi connectivity index (χ0) is 17.7. The van der Waals surface area contributed by atoms with Gasteiger partial charge in [-0.25, -0.2) is 8.42 Å². The normalized spacial score (nSPS) is 11.2. The van der Waals surface area contributed by atoms with Crippen molar-refractivity contribution in [3.63, 3.8) is 0 Å². The Balaban J connectivity index is 2.35. The van der Waals surface area contributed by atoms with E-state index < -0.39 is 10.0 Å². The predicted molar refractivity (Wildman–Crippen MR) is 95.5 cm³/mol. The van der Waals surface area contributed by atoms with Crippen molar-refractivity contribution in [2.75, 3.05) is 17.9 Å². The number of hydrogen-bond acceptors (Lipinski definition) is 4. The molecule has 6 heteroatoms. The molecule has 0 unspecified atom stereocenters. The van der Waals surface area contributed by atoms with E-state index in [-0.39, 0.29) is 4.90 Å². The van der Waals surface area contributed by atoms with Crippen LogP contribution < -0.4 is 14.2 Å². The van der Waals surface area contributed by atoms with Crippen molar-refractivity contribution in [1.29, 1.82) is 0 Å². The Bertz CT molecular complexity index is 816. The lowest BCUT2D eigenvalue weighted by molar-refractivity contribution is 0.288. The van der Waals surface area contributed by atoms with E-state index in [0.29, 0.717) is 36.0 Å². The first kappa shape index (κ1) is 18.1. The van der Waals surface area contributed by atoms with E-state index in [1.165, 1.54) is 0 Å². The molecule has 2 aromatic carbocycles. The Labute approximate surface area is 143 Å². The Morgan fingerprint density at radius 2 is 1.58 bits per heavy atom. The summed E-state index contributed by atoms with van der Waals surface area (Å²) in [5.74, 6) is 1.11. The molecule has 0 heterocycles. The molecule has 0 saturated carbocycles. The van der Waals surface area contributed by atoms with Crippen LogP contribution in [-0.4, -0.2) is 21.6 Å². The van der Waals surface area contributed by atoms with Crippen molar-refractivity contribution in [3.8, 4) is 11.5 Å². The standard InChI is InChI=1S/C18H23NO4S/c1-5-22-16-10-9-15(12-17(16)23-6-2)19-24(20,21)18-11-13(3)7-8-14(18)4/h7-12,19H,5-6H2,1-4H3. The van der Waals surface area contributed by atoms with E-state index >= 15 is 0 Å². The number of nitrogens with one attached hydrogen (secondary N) is 1. The molecule has 5 nitrogen and oxygen atoms in total. The molecule has 2 aromatic rings. The first-order valence-electron chi connectivity index (χ1n) is 7.87. The summed E-state index contributed by atoms with van der Waals surface area (Å²) in [5.41, 5.74) is 2.02. The van der Waals surface area contributed by atoms with Crippen molar-refractivity contribution in [2.24, 2.45) is 0 Å². The van der Waals surface area contributed by atoms with Crippen LogP contribution in [0, 0.1) is 13.8 Å². The molecule has 1 N–H and O–H groups in total. The molecule has 0 amide bonds. The molecule has 0 fully saturated rings. The topological polar surface area (TPSA) is 64.6 Å². The second-order valence-electron chi connectivity index (χ2n) is 5.40. The third-order valence-corrected chi connectivity index (χ3v) is 4.95. The average molecular weight is 349 g/mol. The molecule has 0 radical (unpaired) electrons. The van der Waals surface area contributed by atoms with Gasteiger partial charge in [-0.2, -0.15) is 0 Å². The van der Waals surface area contributed by atoms with E-state index in [4.69, 9.17) is 9.47 Å². The summed E-state index contributed by atoms with van der Waals surface area (Å²) in [7, 11) is -3.67. The van der Waals surface area contributed by atoms with Gasteiger partial charge in [0.05, 0.1) is 23.8 Å². The van der Waals surface area contributed by atoms with Crippen LogP contribution in [0.25, 0.3) is 0 Å². The molecule has 0 aliphatic heterocycles. The zero-order valence-corrected chi connectivity index (χ0v) is 15.2. The van der Waals surface area contributed by atoms with Gasteiger partial charge in [0, 0.05) is 6.07 Å². The minimum absolute atomic E-state index is 0.273. The summed E-state index contributed by atoms with van der Waals surface area (Å²) in [4.78, 5) is 0.273. The molecule has 0 aromatic heterocycles. The molecular weight excluding hydrogens is 326 g/mol. The summed E-state index contributed by atoms with van der Waals surface area (Å²) in [6, 6.07) is 10.4. The number of benzene rings is 2. The molecule has 0 atom stereocenters. The Hall–Kier alpha value is -2.21. The van der Waals surface area contributed by atoms with Gasteiger partial charge in [-0.1, -0.05) is 12.1 Å². The smallest absolute Gasteiger partial charge is 0.262 e.